The van der Waals surface area contributed by atoms with E-state index in [0.717, 1.165) is 33.4 Å². The lowest BCUT2D eigenvalue weighted by Gasteiger charge is -2.06. The van der Waals surface area contributed by atoms with E-state index in [1.807, 2.05) is 31.5 Å². The Hall–Kier alpha value is -2.75. The van der Waals surface area contributed by atoms with Gasteiger partial charge in [0.1, 0.15) is 12.0 Å². The van der Waals surface area contributed by atoms with E-state index in [4.69, 9.17) is 0 Å². The van der Waals surface area contributed by atoms with Gasteiger partial charge in [-0.2, -0.15) is 0 Å². The van der Waals surface area contributed by atoms with Crippen LogP contribution in [0.4, 0.5) is 0 Å². The predicted octanol–water partition coefficient (Wildman–Crippen LogP) is 3.25. The molecule has 3 heterocycles. The molecule has 0 amide bonds. The molecule has 3 aromatic heterocycles. The SMILES string of the molecule is Cc1cn2ccc3c(-c4ccncn4)cccc3c2n1. The van der Waals surface area contributed by atoms with E-state index in [1.54, 1.807) is 12.5 Å². The Morgan fingerprint density at radius 1 is 1.05 bits per heavy atom. The van der Waals surface area contributed by atoms with Gasteiger partial charge in [-0.25, -0.2) is 15.0 Å². The van der Waals surface area contributed by atoms with Gasteiger partial charge in [-0.1, -0.05) is 18.2 Å². The molecule has 0 atom stereocenters. The van der Waals surface area contributed by atoms with Gasteiger partial charge in [0, 0.05) is 29.5 Å². The highest BCUT2D eigenvalue weighted by Crippen LogP contribution is 2.29. The van der Waals surface area contributed by atoms with Gasteiger partial charge in [-0.3, -0.25) is 0 Å². The normalized spacial score (nSPS) is 11.2. The molecule has 96 valence electrons. The number of imidazole rings is 1. The number of aromatic nitrogens is 4. The molecule has 0 saturated heterocycles. The monoisotopic (exact) mass is 260 g/mol. The quantitative estimate of drug-likeness (QED) is 0.527. The lowest BCUT2D eigenvalue weighted by Crippen LogP contribution is -1.89. The summed E-state index contributed by atoms with van der Waals surface area (Å²) in [5, 5.41) is 2.29. The van der Waals surface area contributed by atoms with Crippen LogP contribution in [-0.2, 0) is 0 Å². The number of hydrogen-bond donors (Lipinski definition) is 0. The smallest absolute Gasteiger partial charge is 0.144 e. The van der Waals surface area contributed by atoms with Crippen molar-refractivity contribution in [3.63, 3.8) is 0 Å². The third-order valence-corrected chi connectivity index (χ3v) is 3.46. The highest BCUT2D eigenvalue weighted by molar-refractivity contribution is 6.02. The van der Waals surface area contributed by atoms with Crippen LogP contribution in [0, 0.1) is 6.92 Å². The zero-order valence-corrected chi connectivity index (χ0v) is 11.0. The Kier molecular flexibility index (Phi) is 2.29. The lowest BCUT2D eigenvalue weighted by atomic mass is 10.0. The van der Waals surface area contributed by atoms with Crippen LogP contribution in [0.5, 0.6) is 0 Å². The summed E-state index contributed by atoms with van der Waals surface area (Å²) in [5.41, 5.74) is 4.03. The fourth-order valence-electron chi connectivity index (χ4n) is 2.60. The summed E-state index contributed by atoms with van der Waals surface area (Å²) in [6.45, 7) is 2.01. The van der Waals surface area contributed by atoms with Crippen molar-refractivity contribution in [1.29, 1.82) is 0 Å². The molecule has 1 aromatic carbocycles. The first-order valence-corrected chi connectivity index (χ1v) is 6.46. The summed E-state index contributed by atoms with van der Waals surface area (Å²) >= 11 is 0. The van der Waals surface area contributed by atoms with E-state index in [0.29, 0.717) is 0 Å². The number of aryl methyl sites for hydroxylation is 1. The van der Waals surface area contributed by atoms with Crippen LogP contribution in [0.15, 0.2) is 55.2 Å². The van der Waals surface area contributed by atoms with Crippen molar-refractivity contribution in [2.45, 2.75) is 6.92 Å². The molecule has 0 unspecified atom stereocenters. The fourth-order valence-corrected chi connectivity index (χ4v) is 2.60. The van der Waals surface area contributed by atoms with Crippen LogP contribution >= 0.6 is 0 Å². The van der Waals surface area contributed by atoms with Gasteiger partial charge in [0.2, 0.25) is 0 Å². The molecule has 0 bridgehead atoms. The van der Waals surface area contributed by atoms with Crippen LogP contribution in [-0.4, -0.2) is 19.4 Å². The first kappa shape index (κ1) is 11.1. The zero-order valence-electron chi connectivity index (χ0n) is 11.0. The van der Waals surface area contributed by atoms with Crippen molar-refractivity contribution in [2.24, 2.45) is 0 Å². The van der Waals surface area contributed by atoms with E-state index in [1.165, 1.54) is 0 Å². The number of hydrogen-bond acceptors (Lipinski definition) is 3. The minimum absolute atomic E-state index is 0.929. The van der Waals surface area contributed by atoms with Gasteiger partial charge >= 0.3 is 0 Å². The van der Waals surface area contributed by atoms with Crippen LogP contribution in [0.25, 0.3) is 27.7 Å². The maximum Gasteiger partial charge on any atom is 0.144 e. The van der Waals surface area contributed by atoms with E-state index in [9.17, 15) is 0 Å². The average molecular weight is 260 g/mol. The Labute approximate surface area is 115 Å². The number of pyridine rings is 1. The van der Waals surface area contributed by atoms with Crippen LogP contribution in [0.3, 0.4) is 0 Å². The molecular weight excluding hydrogens is 248 g/mol. The second-order valence-electron chi connectivity index (χ2n) is 4.79. The lowest BCUT2D eigenvalue weighted by molar-refractivity contribution is 1.17. The van der Waals surface area contributed by atoms with Gasteiger partial charge in [0.25, 0.3) is 0 Å². The van der Waals surface area contributed by atoms with Crippen LogP contribution in [0.1, 0.15) is 5.69 Å². The molecular formula is C16H12N4. The summed E-state index contributed by atoms with van der Waals surface area (Å²) in [7, 11) is 0. The highest BCUT2D eigenvalue weighted by atomic mass is 15.0. The van der Waals surface area contributed by atoms with Crippen molar-refractivity contribution >= 4 is 16.4 Å². The molecule has 0 N–H and O–H groups in total. The molecule has 0 aliphatic rings. The fraction of sp³-hybridized carbons (Fsp3) is 0.0625. The van der Waals surface area contributed by atoms with Crippen LogP contribution in [0.2, 0.25) is 0 Å². The molecule has 0 aliphatic carbocycles. The van der Waals surface area contributed by atoms with E-state index >= 15 is 0 Å². The minimum atomic E-state index is 0.929. The van der Waals surface area contributed by atoms with Crippen molar-refractivity contribution in [1.82, 2.24) is 19.4 Å². The van der Waals surface area contributed by atoms with E-state index in [-0.39, 0.29) is 0 Å². The summed E-state index contributed by atoms with van der Waals surface area (Å²) < 4.78 is 2.06. The van der Waals surface area contributed by atoms with E-state index in [2.05, 4.69) is 37.6 Å². The number of benzene rings is 1. The summed E-state index contributed by atoms with van der Waals surface area (Å²) in [5.74, 6) is 0. The summed E-state index contributed by atoms with van der Waals surface area (Å²) in [6, 6.07) is 10.3. The molecule has 0 radical (unpaired) electrons. The predicted molar refractivity (Wildman–Crippen MR) is 78.5 cm³/mol. The highest BCUT2D eigenvalue weighted by Gasteiger charge is 2.08. The first-order valence-electron chi connectivity index (χ1n) is 6.46. The number of rotatable bonds is 1. The van der Waals surface area contributed by atoms with E-state index < -0.39 is 0 Å². The molecule has 4 heteroatoms. The molecule has 0 fully saturated rings. The van der Waals surface area contributed by atoms with Crippen molar-refractivity contribution < 1.29 is 0 Å². The third-order valence-electron chi connectivity index (χ3n) is 3.46. The van der Waals surface area contributed by atoms with Gasteiger partial charge in [-0.05, 0) is 24.4 Å². The summed E-state index contributed by atoms with van der Waals surface area (Å²) in [4.78, 5) is 12.9. The summed E-state index contributed by atoms with van der Waals surface area (Å²) in [6.07, 6.45) is 7.42. The van der Waals surface area contributed by atoms with Gasteiger partial charge in [0.05, 0.1) is 11.4 Å². The van der Waals surface area contributed by atoms with Crippen molar-refractivity contribution in [3.8, 4) is 11.3 Å². The molecule has 0 aliphatic heterocycles. The average Bonchev–Trinajstić information content (AvgIpc) is 2.88. The maximum atomic E-state index is 4.61. The number of nitrogens with zero attached hydrogens (tertiary/aromatic N) is 4. The Morgan fingerprint density at radius 3 is 2.85 bits per heavy atom. The Bertz CT molecular complexity index is 910. The molecule has 4 aromatic rings. The second kappa shape index (κ2) is 4.13. The first-order chi connectivity index (χ1) is 9.83. The largest absolute Gasteiger partial charge is 0.306 e. The second-order valence-corrected chi connectivity index (χ2v) is 4.79. The molecule has 20 heavy (non-hydrogen) atoms. The Morgan fingerprint density at radius 2 is 2.00 bits per heavy atom. The molecule has 0 spiro atoms. The topological polar surface area (TPSA) is 43.1 Å². The van der Waals surface area contributed by atoms with Crippen molar-refractivity contribution in [2.75, 3.05) is 0 Å². The molecule has 4 nitrogen and oxygen atoms in total. The van der Waals surface area contributed by atoms with Gasteiger partial charge in [0.15, 0.2) is 0 Å². The van der Waals surface area contributed by atoms with Gasteiger partial charge in [-0.15, -0.1) is 0 Å². The van der Waals surface area contributed by atoms with Crippen LogP contribution < -0.4 is 0 Å². The van der Waals surface area contributed by atoms with Crippen molar-refractivity contribution in [3.05, 3.63) is 60.9 Å². The standard InChI is InChI=1S/C16H12N4/c1-11-9-20-8-6-12-13(15-5-7-17-10-18-15)3-2-4-14(12)16(20)19-11/h2-10H,1H3. The number of fused-ring (bicyclic) bond motifs is 3. The molecule has 0 saturated carbocycles. The molecule has 4 rings (SSSR count). The van der Waals surface area contributed by atoms with Gasteiger partial charge < -0.3 is 4.40 Å². The maximum absolute atomic E-state index is 4.61. The third kappa shape index (κ3) is 1.58. The Balaban J connectivity index is 2.11. The zero-order chi connectivity index (χ0) is 13.5. The minimum Gasteiger partial charge on any atom is -0.306 e.